The molecule has 0 unspecified atom stereocenters. The second kappa shape index (κ2) is 5.65. The third-order valence-corrected chi connectivity index (χ3v) is 2.89. The molecule has 0 aromatic rings. The number of nitrogens with one attached hydrogen (secondary N) is 1. The van der Waals surface area contributed by atoms with Crippen LogP contribution in [0.15, 0.2) is 12.2 Å². The topological polar surface area (TPSA) is 81.4 Å². The lowest BCUT2D eigenvalue weighted by Gasteiger charge is -2.34. The van der Waals surface area contributed by atoms with E-state index in [0.717, 1.165) is 0 Å². The summed E-state index contributed by atoms with van der Waals surface area (Å²) < 4.78 is 5.19. The van der Waals surface area contributed by atoms with Crippen molar-refractivity contribution >= 4 is 11.8 Å². The molecule has 1 aliphatic heterocycles. The quantitative estimate of drug-likeness (QED) is 0.660. The summed E-state index contributed by atoms with van der Waals surface area (Å²) in [4.78, 5) is 22.7. The zero-order valence-electron chi connectivity index (χ0n) is 9.49. The molecular weight excluding hydrogens is 208 g/mol. The highest BCUT2D eigenvalue weighted by Gasteiger charge is 2.38. The van der Waals surface area contributed by atoms with Crippen LogP contribution in [0.3, 0.4) is 0 Å². The maximum absolute atomic E-state index is 11.4. The van der Waals surface area contributed by atoms with Crippen LogP contribution >= 0.6 is 0 Å². The molecule has 0 saturated carbocycles. The van der Waals surface area contributed by atoms with Crippen molar-refractivity contribution in [1.29, 1.82) is 0 Å². The number of amides is 2. The second-order valence-electron chi connectivity index (χ2n) is 3.97. The Morgan fingerprint density at radius 2 is 2.06 bits per heavy atom. The number of hydrogen-bond donors (Lipinski definition) is 2. The molecule has 16 heavy (non-hydrogen) atoms. The number of ether oxygens (including phenoxy) is 1. The van der Waals surface area contributed by atoms with Crippen LogP contribution < -0.4 is 11.1 Å². The summed E-state index contributed by atoms with van der Waals surface area (Å²) in [5.41, 5.74) is 4.76. The van der Waals surface area contributed by atoms with Gasteiger partial charge in [0.2, 0.25) is 11.8 Å². The molecule has 1 fully saturated rings. The average Bonchev–Trinajstić information content (AvgIpc) is 2.28. The molecule has 0 atom stereocenters. The minimum Gasteiger partial charge on any atom is -0.381 e. The van der Waals surface area contributed by atoms with Crippen LogP contribution in [0.1, 0.15) is 19.8 Å². The SMILES string of the molecule is CC=CC(=O)NCC1(C(N)=O)CCOCC1. The van der Waals surface area contributed by atoms with E-state index >= 15 is 0 Å². The molecule has 5 nitrogen and oxygen atoms in total. The van der Waals surface area contributed by atoms with Gasteiger partial charge in [-0.15, -0.1) is 0 Å². The van der Waals surface area contributed by atoms with Crippen LogP contribution in [0.4, 0.5) is 0 Å². The van der Waals surface area contributed by atoms with Crippen LogP contribution in [0.2, 0.25) is 0 Å². The molecular formula is C11H18N2O3. The summed E-state index contributed by atoms with van der Waals surface area (Å²) >= 11 is 0. The van der Waals surface area contributed by atoms with E-state index in [1.807, 2.05) is 0 Å². The Morgan fingerprint density at radius 3 is 2.56 bits per heavy atom. The molecule has 0 aromatic heterocycles. The largest absolute Gasteiger partial charge is 0.381 e. The van der Waals surface area contributed by atoms with E-state index in [-0.39, 0.29) is 18.4 Å². The van der Waals surface area contributed by atoms with Gasteiger partial charge in [-0.05, 0) is 25.8 Å². The molecule has 2 amide bonds. The van der Waals surface area contributed by atoms with Gasteiger partial charge in [0.25, 0.3) is 0 Å². The van der Waals surface area contributed by atoms with E-state index < -0.39 is 5.41 Å². The summed E-state index contributed by atoms with van der Waals surface area (Å²) in [6.45, 7) is 3.08. The van der Waals surface area contributed by atoms with E-state index in [2.05, 4.69) is 5.32 Å². The predicted octanol–water partition coefficient (Wildman–Crippen LogP) is -0.0392. The molecule has 0 aromatic carbocycles. The number of carbonyl (C=O) groups is 2. The first-order valence-electron chi connectivity index (χ1n) is 5.39. The average molecular weight is 226 g/mol. The van der Waals surface area contributed by atoms with E-state index in [1.54, 1.807) is 13.0 Å². The van der Waals surface area contributed by atoms with Crippen LogP contribution in [0, 0.1) is 5.41 Å². The fourth-order valence-electron chi connectivity index (χ4n) is 1.74. The van der Waals surface area contributed by atoms with E-state index in [1.165, 1.54) is 6.08 Å². The Bertz CT molecular complexity index is 294. The lowest BCUT2D eigenvalue weighted by atomic mass is 9.79. The number of nitrogens with two attached hydrogens (primary N) is 1. The molecule has 0 spiro atoms. The van der Waals surface area contributed by atoms with Crippen molar-refractivity contribution in [3.05, 3.63) is 12.2 Å². The van der Waals surface area contributed by atoms with Gasteiger partial charge in [-0.3, -0.25) is 9.59 Å². The molecule has 1 saturated heterocycles. The molecule has 0 bridgehead atoms. The van der Waals surface area contributed by atoms with Crippen molar-refractivity contribution in [2.45, 2.75) is 19.8 Å². The van der Waals surface area contributed by atoms with Gasteiger partial charge >= 0.3 is 0 Å². The normalized spacial score (nSPS) is 19.6. The van der Waals surface area contributed by atoms with E-state index in [9.17, 15) is 9.59 Å². The predicted molar refractivity (Wildman–Crippen MR) is 59.5 cm³/mol. The Kier molecular flexibility index (Phi) is 4.49. The number of hydrogen-bond acceptors (Lipinski definition) is 3. The van der Waals surface area contributed by atoms with E-state index in [0.29, 0.717) is 26.1 Å². The second-order valence-corrected chi connectivity index (χ2v) is 3.97. The van der Waals surface area contributed by atoms with Gasteiger partial charge < -0.3 is 15.8 Å². The monoisotopic (exact) mass is 226 g/mol. The van der Waals surface area contributed by atoms with Crippen molar-refractivity contribution < 1.29 is 14.3 Å². The highest BCUT2D eigenvalue weighted by Crippen LogP contribution is 2.29. The van der Waals surface area contributed by atoms with Crippen LogP contribution in [-0.2, 0) is 14.3 Å². The Labute approximate surface area is 95.0 Å². The zero-order valence-corrected chi connectivity index (χ0v) is 9.49. The fraction of sp³-hybridized carbons (Fsp3) is 0.636. The first-order valence-corrected chi connectivity index (χ1v) is 5.39. The third kappa shape index (κ3) is 3.06. The van der Waals surface area contributed by atoms with Crippen molar-refractivity contribution in [2.75, 3.05) is 19.8 Å². The highest BCUT2D eigenvalue weighted by atomic mass is 16.5. The lowest BCUT2D eigenvalue weighted by molar-refractivity contribution is -0.133. The fourth-order valence-corrected chi connectivity index (χ4v) is 1.74. The number of rotatable bonds is 4. The van der Waals surface area contributed by atoms with Gasteiger partial charge in [-0.1, -0.05) is 6.08 Å². The minimum absolute atomic E-state index is 0.199. The molecule has 1 aliphatic rings. The first kappa shape index (κ1) is 12.7. The summed E-state index contributed by atoms with van der Waals surface area (Å²) in [5, 5.41) is 2.69. The third-order valence-electron chi connectivity index (χ3n) is 2.89. The smallest absolute Gasteiger partial charge is 0.243 e. The standard InChI is InChI=1S/C11H18N2O3/c1-2-3-9(14)13-8-11(10(12)15)4-6-16-7-5-11/h2-3H,4-8H2,1H3,(H2,12,15)(H,13,14). The zero-order chi connectivity index (χ0) is 12.0. The summed E-state index contributed by atoms with van der Waals surface area (Å²) in [6.07, 6.45) is 4.21. The van der Waals surface area contributed by atoms with E-state index in [4.69, 9.17) is 10.5 Å². The summed E-state index contributed by atoms with van der Waals surface area (Å²) in [6, 6.07) is 0. The van der Waals surface area contributed by atoms with Gasteiger partial charge in [0.1, 0.15) is 0 Å². The van der Waals surface area contributed by atoms with Crippen molar-refractivity contribution in [3.63, 3.8) is 0 Å². The molecule has 1 heterocycles. The van der Waals surface area contributed by atoms with Crippen molar-refractivity contribution in [1.82, 2.24) is 5.32 Å². The Balaban J connectivity index is 2.57. The van der Waals surface area contributed by atoms with Gasteiger partial charge in [-0.25, -0.2) is 0 Å². The summed E-state index contributed by atoms with van der Waals surface area (Å²) in [7, 11) is 0. The summed E-state index contributed by atoms with van der Waals surface area (Å²) in [5.74, 6) is -0.564. The highest BCUT2D eigenvalue weighted by molar-refractivity contribution is 5.88. The maximum atomic E-state index is 11.4. The molecule has 1 rings (SSSR count). The molecule has 3 N–H and O–H groups in total. The molecule has 0 aliphatic carbocycles. The van der Waals surface area contributed by atoms with Gasteiger partial charge in [-0.2, -0.15) is 0 Å². The van der Waals surface area contributed by atoms with Gasteiger partial charge in [0.15, 0.2) is 0 Å². The number of primary amides is 1. The maximum Gasteiger partial charge on any atom is 0.243 e. The van der Waals surface area contributed by atoms with Gasteiger partial charge in [0, 0.05) is 19.8 Å². The van der Waals surface area contributed by atoms with Crippen molar-refractivity contribution in [3.8, 4) is 0 Å². The Morgan fingerprint density at radius 1 is 1.44 bits per heavy atom. The van der Waals surface area contributed by atoms with Crippen molar-refractivity contribution in [2.24, 2.45) is 11.1 Å². The van der Waals surface area contributed by atoms with Crippen LogP contribution in [0.25, 0.3) is 0 Å². The Hall–Kier alpha value is -1.36. The van der Waals surface area contributed by atoms with Crippen LogP contribution in [0.5, 0.6) is 0 Å². The molecule has 0 radical (unpaired) electrons. The van der Waals surface area contributed by atoms with Gasteiger partial charge in [0.05, 0.1) is 5.41 Å². The molecule has 5 heteroatoms. The lowest BCUT2D eigenvalue weighted by Crippen LogP contribution is -2.49. The number of allylic oxidation sites excluding steroid dienone is 1. The molecule has 90 valence electrons. The minimum atomic E-state index is -0.643. The first-order chi connectivity index (χ1) is 7.60. The number of carbonyl (C=O) groups excluding carboxylic acids is 2. The van der Waals surface area contributed by atoms with Crippen LogP contribution in [-0.4, -0.2) is 31.6 Å².